The van der Waals surface area contributed by atoms with Crippen LogP contribution >= 0.6 is 0 Å². The molecule has 2 aromatic rings. The van der Waals surface area contributed by atoms with Gasteiger partial charge in [0.05, 0.1) is 7.11 Å². The van der Waals surface area contributed by atoms with Crippen LogP contribution in [0.4, 0.5) is 0 Å². The van der Waals surface area contributed by atoms with Crippen LogP contribution in [0.5, 0.6) is 0 Å². The van der Waals surface area contributed by atoms with Crippen LogP contribution in [-0.2, 0) is 9.53 Å². The molecule has 3 N–H and O–H groups in total. The molecule has 6 nitrogen and oxygen atoms in total. The van der Waals surface area contributed by atoms with Crippen molar-refractivity contribution in [1.29, 1.82) is 0 Å². The molecule has 0 aliphatic heterocycles. The van der Waals surface area contributed by atoms with Crippen molar-refractivity contribution in [1.82, 2.24) is 4.98 Å². The Kier molecular flexibility index (Phi) is 3.64. The average Bonchev–Trinajstić information content (AvgIpc) is 2.86. The second-order valence-electron chi connectivity index (χ2n) is 4.08. The van der Waals surface area contributed by atoms with Gasteiger partial charge in [0, 0.05) is 22.7 Å². The quantitative estimate of drug-likeness (QED) is 0.552. The summed E-state index contributed by atoms with van der Waals surface area (Å²) in [5.41, 5.74) is 1.50. The highest BCUT2D eigenvalue weighted by Gasteiger charge is 2.26. The summed E-state index contributed by atoms with van der Waals surface area (Å²) in [6.07, 6.45) is -0.844. The molecule has 19 heavy (non-hydrogen) atoms. The average molecular weight is 263 g/mol. The number of H-pyrrole nitrogens is 1. The molecule has 2 rings (SSSR count). The van der Waals surface area contributed by atoms with Gasteiger partial charge in [-0.1, -0.05) is 6.07 Å². The number of aliphatic hydroxyl groups excluding tert-OH is 2. The predicted octanol–water partition coefficient (Wildman–Crippen LogP) is 0.548. The lowest BCUT2D eigenvalue weighted by Gasteiger charge is -2.16. The van der Waals surface area contributed by atoms with Crippen molar-refractivity contribution in [3.8, 4) is 0 Å². The summed E-state index contributed by atoms with van der Waals surface area (Å²) in [7, 11) is 1.12. The molecule has 2 unspecified atom stereocenters. The zero-order valence-electron chi connectivity index (χ0n) is 10.2. The second-order valence-corrected chi connectivity index (χ2v) is 4.08. The van der Waals surface area contributed by atoms with E-state index in [1.54, 1.807) is 24.4 Å². The molecule has 100 valence electrons. The van der Waals surface area contributed by atoms with E-state index in [4.69, 9.17) is 0 Å². The van der Waals surface area contributed by atoms with Crippen LogP contribution in [0.15, 0.2) is 24.4 Å². The minimum absolute atomic E-state index is 0.327. The third-order valence-corrected chi connectivity index (χ3v) is 2.95. The number of hydrogen-bond donors (Lipinski definition) is 3. The maximum atomic E-state index is 11.2. The van der Waals surface area contributed by atoms with Crippen molar-refractivity contribution < 1.29 is 24.5 Å². The Morgan fingerprint density at radius 1 is 1.42 bits per heavy atom. The van der Waals surface area contributed by atoms with Crippen molar-refractivity contribution in [2.75, 3.05) is 7.11 Å². The molecule has 0 bridgehead atoms. The van der Waals surface area contributed by atoms with E-state index < -0.39 is 18.2 Å². The molecule has 0 saturated carbocycles. The number of carbonyl (C=O) groups excluding carboxylic acids is 2. The van der Waals surface area contributed by atoms with E-state index in [2.05, 4.69) is 9.72 Å². The standard InChI is InChI=1S/C13H13NO5/c1-19-13(18)12(17)11(16)7-2-3-10-9(4-7)8(6-15)5-14-10/h2-6,11-12,14,16-17H,1H3. The molecule has 0 aliphatic carbocycles. The fourth-order valence-corrected chi connectivity index (χ4v) is 1.87. The van der Waals surface area contributed by atoms with E-state index in [0.717, 1.165) is 12.6 Å². The second kappa shape index (κ2) is 5.21. The lowest BCUT2D eigenvalue weighted by atomic mass is 10.0. The molecule has 0 spiro atoms. The monoisotopic (exact) mass is 263 g/mol. The van der Waals surface area contributed by atoms with Gasteiger partial charge in [0.15, 0.2) is 12.4 Å². The molecule has 1 aromatic heterocycles. The fourth-order valence-electron chi connectivity index (χ4n) is 1.87. The summed E-state index contributed by atoms with van der Waals surface area (Å²) in [5, 5.41) is 20.1. The van der Waals surface area contributed by atoms with E-state index in [0.29, 0.717) is 22.8 Å². The number of benzene rings is 1. The molecular weight excluding hydrogens is 250 g/mol. The van der Waals surface area contributed by atoms with Gasteiger partial charge in [0.1, 0.15) is 6.10 Å². The number of hydrogen-bond acceptors (Lipinski definition) is 5. The number of aldehydes is 1. The lowest BCUT2D eigenvalue weighted by Crippen LogP contribution is -2.28. The van der Waals surface area contributed by atoms with Gasteiger partial charge >= 0.3 is 5.97 Å². The van der Waals surface area contributed by atoms with Crippen LogP contribution < -0.4 is 0 Å². The maximum Gasteiger partial charge on any atom is 0.337 e. The first kappa shape index (κ1) is 13.3. The van der Waals surface area contributed by atoms with E-state index in [9.17, 15) is 19.8 Å². The Bertz CT molecular complexity index is 619. The molecule has 1 heterocycles. The number of ether oxygens (including phenoxy) is 1. The third-order valence-electron chi connectivity index (χ3n) is 2.95. The van der Waals surface area contributed by atoms with Crippen LogP contribution in [0, 0.1) is 0 Å². The highest BCUT2D eigenvalue weighted by atomic mass is 16.5. The molecular formula is C13H13NO5. The number of rotatable bonds is 4. The molecule has 6 heteroatoms. The Labute approximate surface area is 108 Å². The summed E-state index contributed by atoms with van der Waals surface area (Å²) < 4.78 is 4.36. The van der Waals surface area contributed by atoms with Gasteiger partial charge in [-0.15, -0.1) is 0 Å². The van der Waals surface area contributed by atoms with Crippen LogP contribution in [-0.4, -0.2) is 40.7 Å². The van der Waals surface area contributed by atoms with E-state index in [1.165, 1.54) is 0 Å². The number of aromatic amines is 1. The number of aliphatic hydroxyl groups is 2. The number of nitrogens with one attached hydrogen (secondary N) is 1. The molecule has 0 radical (unpaired) electrons. The zero-order chi connectivity index (χ0) is 14.0. The van der Waals surface area contributed by atoms with Gasteiger partial charge in [-0.25, -0.2) is 4.79 Å². The molecule has 2 atom stereocenters. The van der Waals surface area contributed by atoms with Gasteiger partial charge in [0.2, 0.25) is 0 Å². The number of carbonyl (C=O) groups is 2. The van der Waals surface area contributed by atoms with Crippen molar-refractivity contribution in [2.24, 2.45) is 0 Å². The highest BCUT2D eigenvalue weighted by molar-refractivity contribution is 5.97. The maximum absolute atomic E-state index is 11.2. The summed E-state index contributed by atoms with van der Waals surface area (Å²) >= 11 is 0. The van der Waals surface area contributed by atoms with Crippen molar-refractivity contribution >= 4 is 23.2 Å². The van der Waals surface area contributed by atoms with Gasteiger partial charge in [-0.2, -0.15) is 0 Å². The van der Waals surface area contributed by atoms with Crippen molar-refractivity contribution in [3.05, 3.63) is 35.5 Å². The molecule has 0 saturated heterocycles. The Morgan fingerprint density at radius 2 is 2.16 bits per heavy atom. The van der Waals surface area contributed by atoms with E-state index >= 15 is 0 Å². The van der Waals surface area contributed by atoms with Crippen LogP contribution in [0.25, 0.3) is 10.9 Å². The normalized spacial score (nSPS) is 14.1. The minimum atomic E-state index is -1.67. The highest BCUT2D eigenvalue weighted by Crippen LogP contribution is 2.24. The molecule has 1 aromatic carbocycles. The van der Waals surface area contributed by atoms with Gasteiger partial charge in [0.25, 0.3) is 0 Å². The van der Waals surface area contributed by atoms with E-state index in [1.807, 2.05) is 0 Å². The van der Waals surface area contributed by atoms with Gasteiger partial charge in [-0.3, -0.25) is 4.79 Å². The molecule has 0 amide bonds. The molecule has 0 fully saturated rings. The number of methoxy groups -OCH3 is 1. The van der Waals surface area contributed by atoms with Gasteiger partial charge in [-0.05, 0) is 17.7 Å². The first-order valence-electron chi connectivity index (χ1n) is 5.58. The molecule has 0 aliphatic rings. The van der Waals surface area contributed by atoms with Gasteiger partial charge < -0.3 is 19.9 Å². The Morgan fingerprint density at radius 3 is 2.79 bits per heavy atom. The summed E-state index contributed by atoms with van der Waals surface area (Å²) in [6.45, 7) is 0. The van der Waals surface area contributed by atoms with Crippen molar-refractivity contribution in [3.63, 3.8) is 0 Å². The number of fused-ring (bicyclic) bond motifs is 1. The smallest absolute Gasteiger partial charge is 0.337 e. The number of aromatic nitrogens is 1. The fraction of sp³-hybridized carbons (Fsp3) is 0.231. The lowest BCUT2D eigenvalue weighted by molar-refractivity contribution is -0.156. The Balaban J connectivity index is 2.39. The first-order valence-corrected chi connectivity index (χ1v) is 5.58. The summed E-state index contributed by atoms with van der Waals surface area (Å²) in [4.78, 5) is 24.9. The summed E-state index contributed by atoms with van der Waals surface area (Å²) in [6, 6.07) is 4.77. The van der Waals surface area contributed by atoms with E-state index in [-0.39, 0.29) is 0 Å². The van der Waals surface area contributed by atoms with Crippen LogP contribution in [0.1, 0.15) is 22.0 Å². The predicted molar refractivity (Wildman–Crippen MR) is 66.7 cm³/mol. The largest absolute Gasteiger partial charge is 0.467 e. The van der Waals surface area contributed by atoms with Crippen molar-refractivity contribution in [2.45, 2.75) is 12.2 Å². The number of esters is 1. The van der Waals surface area contributed by atoms with Crippen LogP contribution in [0.3, 0.4) is 0 Å². The SMILES string of the molecule is COC(=O)C(O)C(O)c1ccc2[nH]cc(C=O)c2c1. The van der Waals surface area contributed by atoms with Crippen LogP contribution in [0.2, 0.25) is 0 Å². The Hall–Kier alpha value is -2.18. The first-order chi connectivity index (χ1) is 9.08. The third kappa shape index (κ3) is 2.35. The summed E-state index contributed by atoms with van der Waals surface area (Å²) in [5.74, 6) is -0.919. The minimum Gasteiger partial charge on any atom is -0.467 e. The topological polar surface area (TPSA) is 99.6 Å². The zero-order valence-corrected chi connectivity index (χ0v) is 10.2.